The van der Waals surface area contributed by atoms with Crippen molar-refractivity contribution < 1.29 is 0 Å². The molecule has 0 spiro atoms. The van der Waals surface area contributed by atoms with Crippen LogP contribution in [0.25, 0.3) is 0 Å². The molecule has 13 heavy (non-hydrogen) atoms. The van der Waals surface area contributed by atoms with Crippen LogP contribution in [-0.4, -0.2) is 14.9 Å². The molecule has 1 aromatic rings. The maximum Gasteiger partial charge on any atom is 0.0723 e. The van der Waals surface area contributed by atoms with Gasteiger partial charge < -0.3 is 5.73 Å². The first kappa shape index (κ1) is 9.49. The summed E-state index contributed by atoms with van der Waals surface area (Å²) in [5.41, 5.74) is 7.26. The summed E-state index contributed by atoms with van der Waals surface area (Å²) < 4.78 is 4.53. The molecule has 0 saturated carbocycles. The second kappa shape index (κ2) is 3.59. The molecule has 0 aliphatic carbocycles. The smallest absolute Gasteiger partial charge is 0.0723 e. The van der Waals surface area contributed by atoms with E-state index in [-0.39, 0.29) is 10.8 Å². The Balaban J connectivity index is 2.16. The highest BCUT2D eigenvalue weighted by Gasteiger charge is 2.37. The minimum absolute atomic E-state index is 0.103. The average Bonchev–Trinajstić information content (AvgIpc) is 2.73. The van der Waals surface area contributed by atoms with Crippen molar-refractivity contribution in [3.63, 3.8) is 0 Å². The van der Waals surface area contributed by atoms with Crippen molar-refractivity contribution in [3.8, 4) is 0 Å². The van der Waals surface area contributed by atoms with Crippen LogP contribution in [0.3, 0.4) is 0 Å². The van der Waals surface area contributed by atoms with E-state index in [1.165, 1.54) is 30.1 Å². The van der Waals surface area contributed by atoms with E-state index in [0.29, 0.717) is 0 Å². The van der Waals surface area contributed by atoms with E-state index in [0.717, 1.165) is 5.69 Å². The van der Waals surface area contributed by atoms with E-state index in [1.807, 2.05) is 23.2 Å². The van der Waals surface area contributed by atoms with E-state index in [2.05, 4.69) is 11.3 Å². The zero-order chi connectivity index (χ0) is 9.31. The molecule has 0 amide bonds. The van der Waals surface area contributed by atoms with Crippen LogP contribution in [0, 0.1) is 0 Å². The number of hydrogen-bond donors (Lipinski definition) is 1. The number of rotatable bonds is 2. The summed E-state index contributed by atoms with van der Waals surface area (Å²) in [6.45, 7) is 2.26. The standard InChI is InChI=1S/C9H14N2S2/c1-9(4-2-5-12-9)8(10)7-3-6-13-11-7/h3,6,8H,2,4-5,10H2,1H3. The Bertz CT molecular complexity index is 265. The molecule has 0 bridgehead atoms. The first-order valence-corrected chi connectivity index (χ1v) is 6.34. The van der Waals surface area contributed by atoms with Gasteiger partial charge in [0.05, 0.1) is 11.7 Å². The van der Waals surface area contributed by atoms with Gasteiger partial charge >= 0.3 is 0 Å². The molecule has 4 heteroatoms. The Morgan fingerprint density at radius 1 is 1.69 bits per heavy atom. The van der Waals surface area contributed by atoms with E-state index in [4.69, 9.17) is 5.73 Å². The highest BCUT2D eigenvalue weighted by atomic mass is 32.2. The number of nitrogens with two attached hydrogens (primary N) is 1. The SMILES string of the molecule is CC1(C(N)c2ccsn2)CCCS1. The fourth-order valence-corrected chi connectivity index (χ4v) is 3.64. The van der Waals surface area contributed by atoms with E-state index >= 15 is 0 Å². The van der Waals surface area contributed by atoms with Crippen LogP contribution in [0.4, 0.5) is 0 Å². The molecular formula is C9H14N2S2. The molecule has 2 unspecified atom stereocenters. The van der Waals surface area contributed by atoms with E-state index in [9.17, 15) is 0 Å². The lowest BCUT2D eigenvalue weighted by Gasteiger charge is -2.28. The molecule has 0 radical (unpaired) electrons. The molecule has 0 aromatic carbocycles. The third-order valence-electron chi connectivity index (χ3n) is 2.68. The summed E-state index contributed by atoms with van der Waals surface area (Å²) in [5.74, 6) is 1.24. The normalized spacial score (nSPS) is 30.6. The largest absolute Gasteiger partial charge is 0.321 e. The molecule has 2 atom stereocenters. The molecule has 1 aliphatic rings. The molecule has 1 saturated heterocycles. The maximum atomic E-state index is 6.20. The van der Waals surface area contributed by atoms with Crippen LogP contribution in [0.15, 0.2) is 11.4 Å². The van der Waals surface area contributed by atoms with E-state index < -0.39 is 0 Å². The van der Waals surface area contributed by atoms with Crippen LogP contribution < -0.4 is 5.73 Å². The lowest BCUT2D eigenvalue weighted by molar-refractivity contribution is 0.495. The van der Waals surface area contributed by atoms with Crippen molar-refractivity contribution in [1.29, 1.82) is 0 Å². The van der Waals surface area contributed by atoms with Crippen LogP contribution in [0.5, 0.6) is 0 Å². The van der Waals surface area contributed by atoms with Crippen molar-refractivity contribution in [2.75, 3.05) is 5.75 Å². The van der Waals surface area contributed by atoms with Crippen LogP contribution in [0.2, 0.25) is 0 Å². The third-order valence-corrected chi connectivity index (χ3v) is 4.87. The third kappa shape index (κ3) is 1.75. The fourth-order valence-electron chi connectivity index (χ4n) is 1.74. The Morgan fingerprint density at radius 3 is 3.08 bits per heavy atom. The number of thioether (sulfide) groups is 1. The molecular weight excluding hydrogens is 200 g/mol. The van der Waals surface area contributed by atoms with Gasteiger partial charge in [0.1, 0.15) is 0 Å². The van der Waals surface area contributed by atoms with Gasteiger partial charge in [0.15, 0.2) is 0 Å². The average molecular weight is 214 g/mol. The minimum atomic E-state index is 0.103. The summed E-state index contributed by atoms with van der Waals surface area (Å²) in [5, 5.41) is 2.00. The zero-order valence-corrected chi connectivity index (χ0v) is 9.33. The Labute approximate surface area is 87.1 Å². The van der Waals surface area contributed by atoms with Crippen molar-refractivity contribution in [1.82, 2.24) is 4.37 Å². The zero-order valence-electron chi connectivity index (χ0n) is 7.69. The van der Waals surface area contributed by atoms with Crippen LogP contribution in [-0.2, 0) is 0 Å². The highest BCUT2D eigenvalue weighted by molar-refractivity contribution is 8.00. The van der Waals surface area contributed by atoms with Gasteiger partial charge in [-0.3, -0.25) is 0 Å². The molecule has 1 fully saturated rings. The molecule has 1 aliphatic heterocycles. The van der Waals surface area contributed by atoms with Gasteiger partial charge in [0.2, 0.25) is 0 Å². The summed E-state index contributed by atoms with van der Waals surface area (Å²) in [6.07, 6.45) is 2.51. The van der Waals surface area contributed by atoms with Crippen molar-refractivity contribution >= 4 is 23.3 Å². The number of aromatic nitrogens is 1. The summed E-state index contributed by atoms with van der Waals surface area (Å²) in [7, 11) is 0. The highest BCUT2D eigenvalue weighted by Crippen LogP contribution is 2.45. The summed E-state index contributed by atoms with van der Waals surface area (Å²) in [4.78, 5) is 0. The topological polar surface area (TPSA) is 38.9 Å². The second-order valence-corrected chi connectivity index (χ2v) is 5.96. The van der Waals surface area contributed by atoms with Crippen LogP contribution in [0.1, 0.15) is 31.5 Å². The van der Waals surface area contributed by atoms with Gasteiger partial charge in [-0.2, -0.15) is 16.1 Å². The van der Waals surface area contributed by atoms with Gasteiger partial charge in [0, 0.05) is 10.1 Å². The molecule has 2 N–H and O–H groups in total. The monoisotopic (exact) mass is 214 g/mol. The maximum absolute atomic E-state index is 6.20. The van der Waals surface area contributed by atoms with Gasteiger partial charge in [-0.25, -0.2) is 0 Å². The van der Waals surface area contributed by atoms with Gasteiger partial charge in [-0.15, -0.1) is 0 Å². The van der Waals surface area contributed by atoms with Gasteiger partial charge in [-0.05, 0) is 43.1 Å². The predicted molar refractivity (Wildman–Crippen MR) is 59.1 cm³/mol. The van der Waals surface area contributed by atoms with Crippen molar-refractivity contribution in [2.24, 2.45) is 5.73 Å². The quantitative estimate of drug-likeness (QED) is 0.822. The molecule has 2 nitrogen and oxygen atoms in total. The van der Waals surface area contributed by atoms with Crippen molar-refractivity contribution in [3.05, 3.63) is 17.1 Å². The van der Waals surface area contributed by atoms with Gasteiger partial charge in [0.25, 0.3) is 0 Å². The lowest BCUT2D eigenvalue weighted by Crippen LogP contribution is -2.33. The first-order valence-electron chi connectivity index (χ1n) is 4.52. The van der Waals surface area contributed by atoms with Crippen molar-refractivity contribution in [2.45, 2.75) is 30.6 Å². The second-order valence-electron chi connectivity index (χ2n) is 3.67. The summed E-state index contributed by atoms with van der Waals surface area (Å²) >= 11 is 3.48. The lowest BCUT2D eigenvalue weighted by atomic mass is 9.94. The number of hydrogen-bond acceptors (Lipinski definition) is 4. The molecule has 2 rings (SSSR count). The molecule has 1 aromatic heterocycles. The van der Waals surface area contributed by atoms with Crippen LogP contribution >= 0.6 is 23.3 Å². The number of nitrogens with zero attached hydrogens (tertiary/aromatic N) is 1. The van der Waals surface area contributed by atoms with Gasteiger partial charge in [-0.1, -0.05) is 0 Å². The fraction of sp³-hybridized carbons (Fsp3) is 0.667. The summed E-state index contributed by atoms with van der Waals surface area (Å²) in [6, 6.07) is 2.14. The van der Waals surface area contributed by atoms with E-state index in [1.54, 1.807) is 0 Å². The Kier molecular flexibility index (Phi) is 2.62. The molecule has 2 heterocycles. The predicted octanol–water partition coefficient (Wildman–Crippen LogP) is 2.43. The first-order chi connectivity index (χ1) is 6.22. The molecule has 72 valence electrons. The minimum Gasteiger partial charge on any atom is -0.321 e. The Hall–Kier alpha value is -0.0600. The Morgan fingerprint density at radius 2 is 2.54 bits per heavy atom.